The fourth-order valence-corrected chi connectivity index (χ4v) is 3.80. The molecule has 18 heavy (non-hydrogen) atoms. The molecule has 4 heteroatoms. The molecule has 1 saturated carbocycles. The highest BCUT2D eigenvalue weighted by atomic mass is 16.5. The zero-order valence-electron chi connectivity index (χ0n) is 11.5. The van der Waals surface area contributed by atoms with Crippen molar-refractivity contribution >= 4 is 5.97 Å². The lowest BCUT2D eigenvalue weighted by molar-refractivity contribution is -0.145. The van der Waals surface area contributed by atoms with E-state index in [4.69, 9.17) is 4.74 Å². The maximum atomic E-state index is 11.3. The maximum Gasteiger partial charge on any atom is 0.305 e. The van der Waals surface area contributed by atoms with Crippen LogP contribution in [0.15, 0.2) is 0 Å². The largest absolute Gasteiger partial charge is 0.481 e. The molecule has 3 atom stereocenters. The summed E-state index contributed by atoms with van der Waals surface area (Å²) in [4.78, 5) is 13.7. The van der Waals surface area contributed by atoms with E-state index < -0.39 is 5.97 Å². The van der Waals surface area contributed by atoms with Crippen LogP contribution in [0.4, 0.5) is 0 Å². The molecule has 2 rings (SSSR count). The Hall–Kier alpha value is -0.610. The van der Waals surface area contributed by atoms with Crippen LogP contribution < -0.4 is 0 Å². The summed E-state index contributed by atoms with van der Waals surface area (Å²) in [6.45, 7) is 7.75. The molecule has 0 spiro atoms. The van der Waals surface area contributed by atoms with E-state index in [0.29, 0.717) is 5.92 Å². The van der Waals surface area contributed by atoms with Gasteiger partial charge in [0.05, 0.1) is 19.6 Å². The molecular weight excluding hydrogens is 230 g/mol. The third kappa shape index (κ3) is 2.69. The lowest BCUT2D eigenvalue weighted by Crippen LogP contribution is -2.59. The van der Waals surface area contributed by atoms with Crippen molar-refractivity contribution < 1.29 is 14.6 Å². The number of morpholine rings is 1. The van der Waals surface area contributed by atoms with Gasteiger partial charge in [-0.3, -0.25) is 9.69 Å². The summed E-state index contributed by atoms with van der Waals surface area (Å²) in [5, 5.41) is 9.29. The van der Waals surface area contributed by atoms with Gasteiger partial charge in [0.25, 0.3) is 0 Å². The monoisotopic (exact) mass is 255 g/mol. The van der Waals surface area contributed by atoms with Gasteiger partial charge in [0, 0.05) is 18.6 Å². The van der Waals surface area contributed by atoms with Gasteiger partial charge in [-0.15, -0.1) is 0 Å². The minimum absolute atomic E-state index is 0.137. The number of nitrogens with zero attached hydrogens (tertiary/aromatic N) is 1. The van der Waals surface area contributed by atoms with Crippen LogP contribution in [0.5, 0.6) is 0 Å². The number of rotatable bonds is 3. The molecule has 3 unspecified atom stereocenters. The Labute approximate surface area is 109 Å². The van der Waals surface area contributed by atoms with Crippen molar-refractivity contribution in [3.63, 3.8) is 0 Å². The average Bonchev–Trinajstić information content (AvgIpc) is 2.34. The number of ether oxygens (including phenoxy) is 1. The number of hydrogen-bond acceptors (Lipinski definition) is 3. The second-order valence-corrected chi connectivity index (χ2v) is 6.05. The summed E-state index contributed by atoms with van der Waals surface area (Å²) in [7, 11) is 0. The van der Waals surface area contributed by atoms with E-state index in [-0.39, 0.29) is 12.0 Å². The topological polar surface area (TPSA) is 49.8 Å². The third-order valence-electron chi connectivity index (χ3n) is 4.84. The summed E-state index contributed by atoms with van der Waals surface area (Å²) >= 11 is 0. The van der Waals surface area contributed by atoms with E-state index in [1.165, 1.54) is 0 Å². The van der Waals surface area contributed by atoms with E-state index in [2.05, 4.69) is 18.7 Å². The van der Waals surface area contributed by atoms with Gasteiger partial charge >= 0.3 is 5.97 Å². The Bertz CT molecular complexity index is 301. The SMILES string of the molecule is CC1CCC(CC(=O)O)(N2CCOCC2)C(C)C1. The molecule has 2 fully saturated rings. The summed E-state index contributed by atoms with van der Waals surface area (Å²) in [6, 6.07) is 0. The van der Waals surface area contributed by atoms with Gasteiger partial charge in [-0.25, -0.2) is 0 Å². The van der Waals surface area contributed by atoms with Crippen molar-refractivity contribution in [2.45, 2.75) is 45.1 Å². The van der Waals surface area contributed by atoms with Crippen LogP contribution in [-0.4, -0.2) is 47.8 Å². The van der Waals surface area contributed by atoms with Crippen molar-refractivity contribution in [1.82, 2.24) is 4.90 Å². The molecule has 2 aliphatic rings. The van der Waals surface area contributed by atoms with Gasteiger partial charge in [-0.2, -0.15) is 0 Å². The van der Waals surface area contributed by atoms with Gasteiger partial charge < -0.3 is 9.84 Å². The average molecular weight is 255 g/mol. The summed E-state index contributed by atoms with van der Waals surface area (Å²) in [5.41, 5.74) is -0.137. The van der Waals surface area contributed by atoms with Crippen LogP contribution >= 0.6 is 0 Å². The quantitative estimate of drug-likeness (QED) is 0.838. The highest BCUT2D eigenvalue weighted by Crippen LogP contribution is 2.43. The zero-order chi connectivity index (χ0) is 13.2. The normalized spacial score (nSPS) is 38.6. The molecule has 1 saturated heterocycles. The molecular formula is C14H25NO3. The zero-order valence-corrected chi connectivity index (χ0v) is 11.5. The predicted octanol–water partition coefficient (Wildman–Crippen LogP) is 1.99. The van der Waals surface area contributed by atoms with E-state index in [0.717, 1.165) is 51.5 Å². The molecule has 104 valence electrons. The minimum Gasteiger partial charge on any atom is -0.481 e. The van der Waals surface area contributed by atoms with Gasteiger partial charge in [-0.1, -0.05) is 13.8 Å². The first-order valence-corrected chi connectivity index (χ1v) is 7.09. The molecule has 1 N–H and O–H groups in total. The van der Waals surface area contributed by atoms with E-state index in [1.54, 1.807) is 0 Å². The third-order valence-corrected chi connectivity index (χ3v) is 4.84. The molecule has 0 aromatic rings. The fraction of sp³-hybridized carbons (Fsp3) is 0.929. The summed E-state index contributed by atoms with van der Waals surface area (Å²) in [6.07, 6.45) is 3.59. The molecule has 4 nitrogen and oxygen atoms in total. The Balaban J connectivity index is 2.18. The highest BCUT2D eigenvalue weighted by Gasteiger charge is 2.46. The molecule has 1 heterocycles. The van der Waals surface area contributed by atoms with Crippen LogP contribution in [0.25, 0.3) is 0 Å². The van der Waals surface area contributed by atoms with E-state index in [1.807, 2.05) is 0 Å². The Kier molecular flexibility index (Phi) is 4.28. The van der Waals surface area contributed by atoms with Crippen molar-refractivity contribution in [1.29, 1.82) is 0 Å². The second kappa shape index (κ2) is 5.57. The number of hydrogen-bond donors (Lipinski definition) is 1. The standard InChI is InChI=1S/C14H25NO3/c1-11-3-4-14(10-13(16)17,12(2)9-11)15-5-7-18-8-6-15/h11-12H,3-10H2,1-2H3,(H,16,17). The minimum atomic E-state index is -0.664. The van der Waals surface area contributed by atoms with Crippen LogP contribution in [0.1, 0.15) is 39.5 Å². The number of carboxylic acid groups (broad SMARTS) is 1. The molecule has 0 aromatic heterocycles. The fourth-order valence-electron chi connectivity index (χ4n) is 3.80. The van der Waals surface area contributed by atoms with Gasteiger partial charge in [-0.05, 0) is 31.1 Å². The first-order valence-electron chi connectivity index (χ1n) is 7.09. The highest BCUT2D eigenvalue weighted by molar-refractivity contribution is 5.68. The number of aliphatic carboxylic acids is 1. The Morgan fingerprint density at radius 1 is 1.39 bits per heavy atom. The van der Waals surface area contributed by atoms with Gasteiger partial charge in [0.15, 0.2) is 0 Å². The Morgan fingerprint density at radius 3 is 2.61 bits per heavy atom. The lowest BCUT2D eigenvalue weighted by atomic mass is 9.67. The van der Waals surface area contributed by atoms with E-state index in [9.17, 15) is 9.90 Å². The van der Waals surface area contributed by atoms with Crippen LogP contribution in [0.3, 0.4) is 0 Å². The first kappa shape index (κ1) is 13.8. The summed E-state index contributed by atoms with van der Waals surface area (Å²) < 4.78 is 5.41. The molecule has 1 aliphatic heterocycles. The maximum absolute atomic E-state index is 11.3. The lowest BCUT2D eigenvalue weighted by Gasteiger charge is -2.52. The molecule has 0 radical (unpaired) electrons. The van der Waals surface area contributed by atoms with Gasteiger partial charge in [0.2, 0.25) is 0 Å². The summed E-state index contributed by atoms with van der Waals surface area (Å²) in [5.74, 6) is 0.515. The van der Waals surface area contributed by atoms with Crippen molar-refractivity contribution in [2.75, 3.05) is 26.3 Å². The van der Waals surface area contributed by atoms with Crippen LogP contribution in [0.2, 0.25) is 0 Å². The first-order chi connectivity index (χ1) is 8.54. The van der Waals surface area contributed by atoms with Crippen molar-refractivity contribution in [3.05, 3.63) is 0 Å². The molecule has 0 amide bonds. The number of carbonyl (C=O) groups is 1. The molecule has 0 bridgehead atoms. The predicted molar refractivity (Wildman–Crippen MR) is 69.6 cm³/mol. The van der Waals surface area contributed by atoms with Crippen LogP contribution in [-0.2, 0) is 9.53 Å². The molecule has 1 aliphatic carbocycles. The number of carboxylic acids is 1. The Morgan fingerprint density at radius 2 is 2.06 bits per heavy atom. The second-order valence-electron chi connectivity index (χ2n) is 6.05. The van der Waals surface area contributed by atoms with Crippen molar-refractivity contribution in [3.8, 4) is 0 Å². The van der Waals surface area contributed by atoms with E-state index >= 15 is 0 Å². The van der Waals surface area contributed by atoms with Crippen molar-refractivity contribution in [2.24, 2.45) is 11.8 Å². The van der Waals surface area contributed by atoms with Gasteiger partial charge in [0.1, 0.15) is 0 Å². The smallest absolute Gasteiger partial charge is 0.305 e. The molecule has 0 aromatic carbocycles. The van der Waals surface area contributed by atoms with Crippen LogP contribution in [0, 0.1) is 11.8 Å².